The predicted octanol–water partition coefficient (Wildman–Crippen LogP) is 2.65. The molecule has 2 atom stereocenters. The molecule has 1 aromatic rings. The van der Waals surface area contributed by atoms with E-state index in [1.807, 2.05) is 0 Å². The highest BCUT2D eigenvalue weighted by molar-refractivity contribution is 5.95. The molecule has 0 aromatic heterocycles. The number of amides is 1. The summed E-state index contributed by atoms with van der Waals surface area (Å²) in [5.74, 6) is -1.04. The molecule has 0 radical (unpaired) electrons. The van der Waals surface area contributed by atoms with Gasteiger partial charge < -0.3 is 10.0 Å². The molecule has 2 rings (SSSR count). The monoisotopic (exact) mass is 291 g/mol. The van der Waals surface area contributed by atoms with E-state index in [9.17, 15) is 14.0 Å². The highest BCUT2D eigenvalue weighted by Crippen LogP contribution is 2.24. The Bertz CT molecular complexity index is 587. The second-order valence-corrected chi connectivity index (χ2v) is 5.57. The van der Waals surface area contributed by atoms with Gasteiger partial charge >= 0.3 is 5.97 Å². The molecule has 0 aliphatic carbocycles. The lowest BCUT2D eigenvalue weighted by molar-refractivity contribution is -0.131. The summed E-state index contributed by atoms with van der Waals surface area (Å²) in [7, 11) is 0. The average molecular weight is 291 g/mol. The fraction of sp³-hybridized carbons (Fsp3) is 0.375. The van der Waals surface area contributed by atoms with Crippen LogP contribution in [-0.2, 0) is 4.79 Å². The Morgan fingerprint density at radius 3 is 2.43 bits per heavy atom. The van der Waals surface area contributed by atoms with Crippen molar-refractivity contribution in [3.05, 3.63) is 41.2 Å². The molecule has 1 heterocycles. The number of benzene rings is 1. The maximum Gasteiger partial charge on any atom is 0.328 e. The van der Waals surface area contributed by atoms with Crippen LogP contribution in [0.25, 0.3) is 6.08 Å². The first-order valence-electron chi connectivity index (χ1n) is 6.88. The Balaban J connectivity index is 2.16. The third kappa shape index (κ3) is 3.48. The van der Waals surface area contributed by atoms with Crippen LogP contribution in [0, 0.1) is 17.7 Å². The molecular formula is C16H18FNO3. The third-order valence-electron chi connectivity index (χ3n) is 3.93. The number of aliphatic carboxylic acids is 1. The van der Waals surface area contributed by atoms with Crippen molar-refractivity contribution in [2.24, 2.45) is 11.8 Å². The number of likely N-dealkylation sites (tertiary alicyclic amines) is 1. The van der Waals surface area contributed by atoms with Crippen molar-refractivity contribution < 1.29 is 19.1 Å². The summed E-state index contributed by atoms with van der Waals surface area (Å²) in [6, 6.07) is 4.11. The summed E-state index contributed by atoms with van der Waals surface area (Å²) in [5.41, 5.74) is 0.443. The van der Waals surface area contributed by atoms with Crippen LogP contribution in [0.3, 0.4) is 0 Å². The normalized spacial score (nSPS) is 22.0. The van der Waals surface area contributed by atoms with Gasteiger partial charge in [-0.05, 0) is 30.0 Å². The van der Waals surface area contributed by atoms with Crippen LogP contribution in [0.15, 0.2) is 24.3 Å². The van der Waals surface area contributed by atoms with Crippen molar-refractivity contribution in [3.63, 3.8) is 0 Å². The number of carboxylic acids is 1. The Labute approximate surface area is 122 Å². The van der Waals surface area contributed by atoms with E-state index < -0.39 is 11.8 Å². The van der Waals surface area contributed by atoms with Gasteiger partial charge in [-0.1, -0.05) is 19.9 Å². The number of nitrogens with zero attached hydrogens (tertiary/aromatic N) is 1. The van der Waals surface area contributed by atoms with Gasteiger partial charge in [0.2, 0.25) is 0 Å². The lowest BCUT2D eigenvalue weighted by Crippen LogP contribution is -2.28. The molecule has 2 unspecified atom stereocenters. The Morgan fingerprint density at radius 2 is 1.90 bits per heavy atom. The zero-order valence-electron chi connectivity index (χ0n) is 12.0. The number of hydrogen-bond acceptors (Lipinski definition) is 2. The maximum absolute atomic E-state index is 13.9. The van der Waals surface area contributed by atoms with Crippen LogP contribution in [0.5, 0.6) is 0 Å². The van der Waals surface area contributed by atoms with E-state index in [4.69, 9.17) is 5.11 Å². The summed E-state index contributed by atoms with van der Waals surface area (Å²) in [4.78, 5) is 24.5. The smallest absolute Gasteiger partial charge is 0.328 e. The van der Waals surface area contributed by atoms with Gasteiger partial charge in [0.1, 0.15) is 5.82 Å². The van der Waals surface area contributed by atoms with Crippen LogP contribution in [-0.4, -0.2) is 35.0 Å². The van der Waals surface area contributed by atoms with Gasteiger partial charge in [-0.3, -0.25) is 4.79 Å². The van der Waals surface area contributed by atoms with Crippen LogP contribution in [0.4, 0.5) is 4.39 Å². The summed E-state index contributed by atoms with van der Waals surface area (Å²) < 4.78 is 13.9. The molecule has 1 fully saturated rings. The Kier molecular flexibility index (Phi) is 4.40. The van der Waals surface area contributed by atoms with E-state index in [2.05, 4.69) is 13.8 Å². The van der Waals surface area contributed by atoms with Crippen LogP contribution >= 0.6 is 0 Å². The molecule has 1 aliphatic heterocycles. The van der Waals surface area contributed by atoms with E-state index in [1.165, 1.54) is 18.2 Å². The molecule has 4 nitrogen and oxygen atoms in total. The number of halogens is 1. The summed E-state index contributed by atoms with van der Waals surface area (Å²) >= 11 is 0. The van der Waals surface area contributed by atoms with E-state index in [1.54, 1.807) is 4.90 Å². The summed E-state index contributed by atoms with van der Waals surface area (Å²) in [5, 5.41) is 8.53. The molecule has 21 heavy (non-hydrogen) atoms. The lowest BCUT2D eigenvalue weighted by atomic mass is 10.0. The van der Waals surface area contributed by atoms with Gasteiger partial charge in [0.05, 0.1) is 0 Å². The summed E-state index contributed by atoms with van der Waals surface area (Å²) in [6.45, 7) is 5.56. The third-order valence-corrected chi connectivity index (χ3v) is 3.93. The minimum absolute atomic E-state index is 0.150. The SMILES string of the molecule is CC1CN(C(=O)c2ccc(C=CC(=O)O)c(F)c2)CC1C. The van der Waals surface area contributed by atoms with E-state index in [0.717, 1.165) is 12.1 Å². The number of rotatable bonds is 3. The highest BCUT2D eigenvalue weighted by atomic mass is 19.1. The number of hydrogen-bond donors (Lipinski definition) is 1. The zero-order chi connectivity index (χ0) is 15.6. The van der Waals surface area contributed by atoms with Gasteiger partial charge in [0, 0.05) is 30.3 Å². The molecule has 1 saturated heterocycles. The Morgan fingerprint density at radius 1 is 1.29 bits per heavy atom. The van der Waals surface area contributed by atoms with Gasteiger partial charge in [0.15, 0.2) is 0 Å². The van der Waals surface area contributed by atoms with E-state index >= 15 is 0 Å². The van der Waals surface area contributed by atoms with Crippen molar-refractivity contribution in [2.75, 3.05) is 13.1 Å². The molecule has 1 N–H and O–H groups in total. The van der Waals surface area contributed by atoms with Crippen molar-refractivity contribution in [2.45, 2.75) is 13.8 Å². The second-order valence-electron chi connectivity index (χ2n) is 5.57. The first kappa shape index (κ1) is 15.2. The van der Waals surface area contributed by atoms with Crippen molar-refractivity contribution >= 4 is 18.0 Å². The summed E-state index contributed by atoms with van der Waals surface area (Å²) in [6.07, 6.45) is 2.04. The molecule has 0 saturated carbocycles. The largest absolute Gasteiger partial charge is 0.478 e. The standard InChI is InChI=1S/C16H18FNO3/c1-10-8-18(9-11(10)2)16(21)13-4-3-12(14(17)7-13)5-6-15(19)20/h3-7,10-11H,8-9H2,1-2H3,(H,19,20). The fourth-order valence-electron chi connectivity index (χ4n) is 2.43. The van der Waals surface area contributed by atoms with Crippen molar-refractivity contribution in [1.82, 2.24) is 4.90 Å². The van der Waals surface area contributed by atoms with Crippen LogP contribution < -0.4 is 0 Å². The minimum atomic E-state index is -1.14. The molecular weight excluding hydrogens is 273 g/mol. The molecule has 1 aliphatic rings. The Hall–Kier alpha value is -2.17. The van der Waals surface area contributed by atoms with Crippen LogP contribution in [0.2, 0.25) is 0 Å². The van der Waals surface area contributed by atoms with E-state index in [-0.39, 0.29) is 11.5 Å². The zero-order valence-corrected chi connectivity index (χ0v) is 12.0. The quantitative estimate of drug-likeness (QED) is 0.871. The number of carboxylic acid groups (broad SMARTS) is 1. The fourth-order valence-corrected chi connectivity index (χ4v) is 2.43. The molecule has 5 heteroatoms. The first-order valence-corrected chi connectivity index (χ1v) is 6.88. The molecule has 1 aromatic carbocycles. The van der Waals surface area contributed by atoms with Gasteiger partial charge in [-0.2, -0.15) is 0 Å². The topological polar surface area (TPSA) is 57.6 Å². The van der Waals surface area contributed by atoms with Gasteiger partial charge in [-0.15, -0.1) is 0 Å². The molecule has 0 spiro atoms. The highest BCUT2D eigenvalue weighted by Gasteiger charge is 2.30. The molecule has 1 amide bonds. The molecule has 0 bridgehead atoms. The number of carbonyl (C=O) groups excluding carboxylic acids is 1. The second kappa shape index (κ2) is 6.08. The predicted molar refractivity (Wildman–Crippen MR) is 77.3 cm³/mol. The number of carbonyl (C=O) groups is 2. The minimum Gasteiger partial charge on any atom is -0.478 e. The van der Waals surface area contributed by atoms with Crippen molar-refractivity contribution in [3.8, 4) is 0 Å². The van der Waals surface area contributed by atoms with Crippen LogP contribution in [0.1, 0.15) is 29.8 Å². The van der Waals surface area contributed by atoms with Crippen molar-refractivity contribution in [1.29, 1.82) is 0 Å². The molecule has 112 valence electrons. The average Bonchev–Trinajstić information content (AvgIpc) is 2.76. The lowest BCUT2D eigenvalue weighted by Gasteiger charge is -2.16. The first-order chi connectivity index (χ1) is 9.88. The van der Waals surface area contributed by atoms with Gasteiger partial charge in [-0.25, -0.2) is 9.18 Å². The van der Waals surface area contributed by atoms with E-state index in [0.29, 0.717) is 30.5 Å². The van der Waals surface area contributed by atoms with Gasteiger partial charge in [0.25, 0.3) is 5.91 Å². The maximum atomic E-state index is 13.9.